The van der Waals surface area contributed by atoms with Gasteiger partial charge in [-0.2, -0.15) is 0 Å². The van der Waals surface area contributed by atoms with Gasteiger partial charge >= 0.3 is 0 Å². The Kier molecular flexibility index (Phi) is 8.81. The van der Waals surface area contributed by atoms with Crippen molar-refractivity contribution in [3.8, 4) is 67.5 Å². The van der Waals surface area contributed by atoms with Gasteiger partial charge in [-0.15, -0.1) is 0 Å². The van der Waals surface area contributed by atoms with Crippen molar-refractivity contribution in [1.82, 2.24) is 19.1 Å². The number of hydrogen-bond acceptors (Lipinski definition) is 2. The lowest BCUT2D eigenvalue weighted by atomic mass is 10.0. The van der Waals surface area contributed by atoms with E-state index >= 15 is 0 Å². The molecule has 0 fully saturated rings. The van der Waals surface area contributed by atoms with Crippen LogP contribution in [0.15, 0.2) is 224 Å². The minimum Gasteiger partial charge on any atom is -0.308 e. The van der Waals surface area contributed by atoms with Gasteiger partial charge in [0.25, 0.3) is 0 Å². The second-order valence-electron chi connectivity index (χ2n) is 16.1. The van der Waals surface area contributed by atoms with Gasteiger partial charge in [0.2, 0.25) is 0 Å². The van der Waals surface area contributed by atoms with Crippen LogP contribution >= 0.6 is 0 Å². The number of aromatic nitrogens is 4. The van der Waals surface area contributed by atoms with Crippen molar-refractivity contribution in [3.63, 3.8) is 0 Å². The van der Waals surface area contributed by atoms with E-state index in [1.807, 2.05) is 48.5 Å². The van der Waals surface area contributed by atoms with E-state index < -0.39 is 0 Å². The first-order valence-electron chi connectivity index (χ1n) is 21.4. The number of fused-ring (bicyclic) bond motifs is 6. The molecule has 9 aromatic carbocycles. The lowest BCUT2D eigenvalue weighted by Gasteiger charge is -2.20. The first-order valence-corrected chi connectivity index (χ1v) is 21.4. The number of rotatable bonds is 7. The molecule has 0 amide bonds. The van der Waals surface area contributed by atoms with E-state index in [0.29, 0.717) is 17.1 Å². The molecule has 0 aliphatic carbocycles. The summed E-state index contributed by atoms with van der Waals surface area (Å²) in [5.41, 5.74) is 15.3. The molecule has 64 heavy (non-hydrogen) atoms. The monoisotopic (exact) mass is 815 g/mol. The summed E-state index contributed by atoms with van der Waals surface area (Å²) in [5, 5.41) is 4.55. The second-order valence-corrected chi connectivity index (χ2v) is 16.1. The van der Waals surface area contributed by atoms with Crippen LogP contribution in [0, 0.1) is 6.57 Å². The molecule has 0 aliphatic rings. The van der Waals surface area contributed by atoms with Gasteiger partial charge in [-0.25, -0.2) is 14.8 Å². The van der Waals surface area contributed by atoms with Gasteiger partial charge in [-0.05, 0) is 76.9 Å². The quantitative estimate of drug-likeness (QED) is 0.150. The van der Waals surface area contributed by atoms with Crippen molar-refractivity contribution >= 4 is 49.3 Å². The summed E-state index contributed by atoms with van der Waals surface area (Å²) in [6, 6.07) is 78.4. The predicted octanol–water partition coefficient (Wildman–Crippen LogP) is 15.6. The molecular weight excluding hydrogens is 779 g/mol. The third kappa shape index (κ3) is 6.16. The van der Waals surface area contributed by atoms with Gasteiger partial charge in [0.1, 0.15) is 5.82 Å². The molecule has 0 saturated carbocycles. The maximum absolute atomic E-state index is 8.81. The summed E-state index contributed by atoms with van der Waals surface area (Å²) < 4.78 is 4.70. The van der Waals surface area contributed by atoms with Gasteiger partial charge in [-0.1, -0.05) is 170 Å². The van der Waals surface area contributed by atoms with Crippen molar-refractivity contribution in [1.29, 1.82) is 0 Å². The molecule has 0 unspecified atom stereocenters. The molecule has 3 aromatic heterocycles. The van der Waals surface area contributed by atoms with E-state index in [0.717, 1.165) is 99.8 Å². The standard InChI is InChI=1S/C59H37N5/c1-60-52-38-58(64-54-29-17-15-27-46(54)48-35-44(31-33-56(48)64)40-20-8-3-9-21-40)57(63-53-28-16-14-26-45(53)47-34-43(30-32-55(47)63)39-18-6-2-7-19-39)36-49(52)59-61-50(41-22-10-4-11-23-41)37-51(62-59)42-24-12-5-13-25-42/h2-38H. The van der Waals surface area contributed by atoms with Crippen molar-refractivity contribution in [3.05, 3.63) is 236 Å². The molecule has 298 valence electrons. The molecule has 0 N–H and O–H groups in total. The number of para-hydroxylation sites is 2. The summed E-state index contributed by atoms with van der Waals surface area (Å²) in [4.78, 5) is 14.8. The molecule has 0 spiro atoms. The molecule has 3 heterocycles. The minimum atomic E-state index is 0.460. The van der Waals surface area contributed by atoms with E-state index in [2.05, 4.69) is 190 Å². The van der Waals surface area contributed by atoms with Crippen molar-refractivity contribution in [2.45, 2.75) is 0 Å². The maximum Gasteiger partial charge on any atom is 0.200 e. The van der Waals surface area contributed by atoms with Gasteiger partial charge < -0.3 is 9.13 Å². The van der Waals surface area contributed by atoms with E-state index in [1.54, 1.807) is 0 Å². The summed E-state index contributed by atoms with van der Waals surface area (Å²) in [6.45, 7) is 8.81. The van der Waals surface area contributed by atoms with Crippen LogP contribution in [0.2, 0.25) is 0 Å². The Balaban J connectivity index is 1.19. The van der Waals surface area contributed by atoms with Crippen LogP contribution in [0.25, 0.3) is 116 Å². The fraction of sp³-hybridized carbons (Fsp3) is 0. The lowest BCUT2D eigenvalue weighted by molar-refractivity contribution is 1.09. The highest BCUT2D eigenvalue weighted by atomic mass is 15.1. The molecule has 5 heteroatoms. The molecule has 0 aliphatic heterocycles. The Hall–Kier alpha value is -8.85. The van der Waals surface area contributed by atoms with Crippen LogP contribution in [-0.2, 0) is 0 Å². The summed E-state index contributed by atoms with van der Waals surface area (Å²) >= 11 is 0. The second kappa shape index (κ2) is 15.3. The number of benzene rings is 9. The Labute approximate surface area is 370 Å². The summed E-state index contributed by atoms with van der Waals surface area (Å²) in [5.74, 6) is 0.487. The van der Waals surface area contributed by atoms with Crippen LogP contribution in [0.3, 0.4) is 0 Å². The third-order valence-corrected chi connectivity index (χ3v) is 12.4. The van der Waals surface area contributed by atoms with Gasteiger partial charge in [0.15, 0.2) is 5.69 Å². The minimum absolute atomic E-state index is 0.460. The Bertz CT molecular complexity index is 3710. The van der Waals surface area contributed by atoms with E-state index in [-0.39, 0.29) is 0 Å². The highest BCUT2D eigenvalue weighted by molar-refractivity contribution is 6.13. The van der Waals surface area contributed by atoms with Crippen LogP contribution in [0.5, 0.6) is 0 Å². The molecule has 5 nitrogen and oxygen atoms in total. The van der Waals surface area contributed by atoms with Crippen molar-refractivity contribution in [2.24, 2.45) is 0 Å². The molecule has 0 saturated heterocycles. The first-order chi connectivity index (χ1) is 31.7. The highest BCUT2D eigenvalue weighted by Crippen LogP contribution is 2.44. The normalized spacial score (nSPS) is 11.4. The average molecular weight is 816 g/mol. The third-order valence-electron chi connectivity index (χ3n) is 12.4. The van der Waals surface area contributed by atoms with Gasteiger partial charge in [-0.3, -0.25) is 0 Å². The number of hydrogen-bond donors (Lipinski definition) is 0. The SMILES string of the molecule is [C-]#[N+]c1cc(-n2c3ccccc3c3cc(-c4ccccc4)ccc32)c(-n2c3ccccc3c3cc(-c4ccccc4)ccc32)cc1-c1nc(-c2ccccc2)cc(-c2ccccc2)n1. The molecule has 12 rings (SSSR count). The highest BCUT2D eigenvalue weighted by Gasteiger charge is 2.24. The zero-order valence-corrected chi connectivity index (χ0v) is 34.6. The molecular formula is C59H37N5. The van der Waals surface area contributed by atoms with E-state index in [1.165, 1.54) is 0 Å². The van der Waals surface area contributed by atoms with Crippen molar-refractivity contribution in [2.75, 3.05) is 0 Å². The smallest absolute Gasteiger partial charge is 0.200 e. The van der Waals surface area contributed by atoms with Crippen LogP contribution < -0.4 is 0 Å². The number of nitrogens with zero attached hydrogens (tertiary/aromatic N) is 5. The molecule has 0 atom stereocenters. The zero-order valence-electron chi connectivity index (χ0n) is 34.6. The fourth-order valence-corrected chi connectivity index (χ4v) is 9.36. The van der Waals surface area contributed by atoms with E-state index in [9.17, 15) is 0 Å². The van der Waals surface area contributed by atoms with Gasteiger partial charge in [0.05, 0.1) is 51.4 Å². The molecule has 12 aromatic rings. The van der Waals surface area contributed by atoms with Crippen LogP contribution in [0.4, 0.5) is 5.69 Å². The Morgan fingerprint density at radius 2 is 0.719 bits per heavy atom. The van der Waals surface area contributed by atoms with Crippen LogP contribution in [-0.4, -0.2) is 19.1 Å². The van der Waals surface area contributed by atoms with Gasteiger partial charge in [0, 0.05) is 38.2 Å². The Morgan fingerprint density at radius 1 is 0.328 bits per heavy atom. The maximum atomic E-state index is 8.81. The molecule has 0 bridgehead atoms. The average Bonchev–Trinajstić information content (AvgIpc) is 3.89. The van der Waals surface area contributed by atoms with Crippen molar-refractivity contribution < 1.29 is 0 Å². The van der Waals surface area contributed by atoms with E-state index in [4.69, 9.17) is 16.5 Å². The largest absolute Gasteiger partial charge is 0.308 e. The fourth-order valence-electron chi connectivity index (χ4n) is 9.36. The lowest BCUT2D eigenvalue weighted by Crippen LogP contribution is -2.05. The summed E-state index contributed by atoms with van der Waals surface area (Å²) in [7, 11) is 0. The molecule has 0 radical (unpaired) electrons. The van der Waals surface area contributed by atoms with Crippen LogP contribution in [0.1, 0.15) is 0 Å². The topological polar surface area (TPSA) is 40.0 Å². The Morgan fingerprint density at radius 3 is 1.17 bits per heavy atom. The summed E-state index contributed by atoms with van der Waals surface area (Å²) in [6.07, 6.45) is 0. The zero-order chi connectivity index (χ0) is 42.6. The first kappa shape index (κ1) is 37.0. The predicted molar refractivity (Wildman–Crippen MR) is 264 cm³/mol.